The van der Waals surface area contributed by atoms with Gasteiger partial charge in [-0.25, -0.2) is 4.79 Å². The van der Waals surface area contributed by atoms with Crippen molar-refractivity contribution in [3.8, 4) is 0 Å². The standard InChI is InChI=1S/C8H12N2O2/c1-3-5(2)4-6-7(11)10-8(12)9-6/h4-5H,3H2,1-2H3,(H2,9,10,11,12). The van der Waals surface area contributed by atoms with Crippen LogP contribution in [0.1, 0.15) is 20.3 Å². The molecule has 1 saturated heterocycles. The van der Waals surface area contributed by atoms with Crippen LogP contribution in [0.4, 0.5) is 4.79 Å². The number of carbonyl (C=O) groups excluding carboxylic acids is 2. The number of amides is 3. The zero-order valence-corrected chi connectivity index (χ0v) is 7.18. The van der Waals surface area contributed by atoms with Crippen LogP contribution in [-0.4, -0.2) is 11.9 Å². The molecule has 1 aliphatic rings. The van der Waals surface area contributed by atoms with Crippen LogP contribution >= 0.6 is 0 Å². The van der Waals surface area contributed by atoms with Crippen LogP contribution in [0.5, 0.6) is 0 Å². The normalized spacial score (nSPS) is 22.3. The molecule has 0 spiro atoms. The first-order valence-electron chi connectivity index (χ1n) is 3.97. The van der Waals surface area contributed by atoms with Crippen LogP contribution in [-0.2, 0) is 4.79 Å². The van der Waals surface area contributed by atoms with Crippen LogP contribution in [0.25, 0.3) is 0 Å². The van der Waals surface area contributed by atoms with Crippen molar-refractivity contribution >= 4 is 11.9 Å². The molecule has 1 unspecified atom stereocenters. The van der Waals surface area contributed by atoms with Gasteiger partial charge in [0.05, 0.1) is 0 Å². The molecule has 0 aliphatic carbocycles. The first-order valence-corrected chi connectivity index (χ1v) is 3.97. The van der Waals surface area contributed by atoms with Gasteiger partial charge >= 0.3 is 6.03 Å². The third-order valence-electron chi connectivity index (χ3n) is 1.82. The van der Waals surface area contributed by atoms with E-state index >= 15 is 0 Å². The molecule has 66 valence electrons. The highest BCUT2D eigenvalue weighted by Crippen LogP contribution is 2.07. The lowest BCUT2D eigenvalue weighted by Crippen LogP contribution is -2.22. The van der Waals surface area contributed by atoms with Gasteiger partial charge in [0.1, 0.15) is 5.70 Å². The Morgan fingerprint density at radius 3 is 2.50 bits per heavy atom. The van der Waals surface area contributed by atoms with E-state index in [0.717, 1.165) is 6.42 Å². The van der Waals surface area contributed by atoms with Gasteiger partial charge in [-0.1, -0.05) is 26.3 Å². The molecule has 0 aromatic carbocycles. The quantitative estimate of drug-likeness (QED) is 0.472. The van der Waals surface area contributed by atoms with E-state index in [0.29, 0.717) is 11.6 Å². The Morgan fingerprint density at radius 2 is 2.08 bits per heavy atom. The largest absolute Gasteiger partial charge is 0.326 e. The zero-order valence-electron chi connectivity index (χ0n) is 7.18. The number of nitrogens with one attached hydrogen (secondary N) is 2. The maximum Gasteiger partial charge on any atom is 0.326 e. The van der Waals surface area contributed by atoms with Crippen molar-refractivity contribution in [2.24, 2.45) is 5.92 Å². The Morgan fingerprint density at radius 1 is 1.42 bits per heavy atom. The van der Waals surface area contributed by atoms with Crippen molar-refractivity contribution < 1.29 is 9.59 Å². The van der Waals surface area contributed by atoms with E-state index in [2.05, 4.69) is 10.6 Å². The molecule has 1 heterocycles. The Labute approximate surface area is 71.0 Å². The van der Waals surface area contributed by atoms with Crippen LogP contribution in [0.15, 0.2) is 11.8 Å². The summed E-state index contributed by atoms with van der Waals surface area (Å²) < 4.78 is 0. The van der Waals surface area contributed by atoms with Crippen molar-refractivity contribution in [3.63, 3.8) is 0 Å². The highest BCUT2D eigenvalue weighted by atomic mass is 16.2. The maximum atomic E-state index is 11.0. The number of hydrogen-bond donors (Lipinski definition) is 2. The molecule has 12 heavy (non-hydrogen) atoms. The van der Waals surface area contributed by atoms with Gasteiger partial charge in [0.15, 0.2) is 0 Å². The summed E-state index contributed by atoms with van der Waals surface area (Å²) in [5.74, 6) is -0.0237. The topological polar surface area (TPSA) is 58.2 Å². The fourth-order valence-corrected chi connectivity index (χ4v) is 0.900. The SMILES string of the molecule is CCC(C)C=C1NC(=O)NC1=O. The first-order chi connectivity index (χ1) is 5.63. The Hall–Kier alpha value is -1.32. The zero-order chi connectivity index (χ0) is 9.14. The highest BCUT2D eigenvalue weighted by Gasteiger charge is 2.22. The fraction of sp³-hybridized carbons (Fsp3) is 0.500. The number of carbonyl (C=O) groups is 2. The molecule has 1 atom stereocenters. The lowest BCUT2D eigenvalue weighted by atomic mass is 10.1. The van der Waals surface area contributed by atoms with E-state index in [-0.39, 0.29) is 5.91 Å². The van der Waals surface area contributed by atoms with Gasteiger partial charge in [0.25, 0.3) is 5.91 Å². The summed E-state index contributed by atoms with van der Waals surface area (Å²) in [6.07, 6.45) is 2.72. The van der Waals surface area contributed by atoms with E-state index in [1.165, 1.54) is 0 Å². The van der Waals surface area contributed by atoms with Gasteiger partial charge in [0.2, 0.25) is 0 Å². The van der Waals surface area contributed by atoms with Crippen LogP contribution in [0, 0.1) is 5.92 Å². The number of allylic oxidation sites excluding steroid dienone is 1. The molecule has 1 aliphatic heterocycles. The molecule has 1 fully saturated rings. The Bertz CT molecular complexity index is 245. The number of imide groups is 1. The summed E-state index contributed by atoms with van der Waals surface area (Å²) in [6, 6.07) is -0.436. The second kappa shape index (κ2) is 3.38. The van der Waals surface area contributed by atoms with E-state index in [9.17, 15) is 9.59 Å². The highest BCUT2D eigenvalue weighted by molar-refractivity contribution is 6.11. The van der Waals surface area contributed by atoms with Crippen molar-refractivity contribution in [1.29, 1.82) is 0 Å². The lowest BCUT2D eigenvalue weighted by molar-refractivity contribution is -0.115. The summed E-state index contributed by atoms with van der Waals surface area (Å²) in [5, 5.41) is 4.57. The predicted molar refractivity (Wildman–Crippen MR) is 44.2 cm³/mol. The molecule has 1 rings (SSSR count). The van der Waals surface area contributed by atoms with Crippen molar-refractivity contribution in [1.82, 2.24) is 10.6 Å². The van der Waals surface area contributed by atoms with Gasteiger partial charge in [0, 0.05) is 0 Å². The van der Waals surface area contributed by atoms with Gasteiger partial charge in [-0.15, -0.1) is 0 Å². The Kier molecular flexibility index (Phi) is 2.47. The second-order valence-electron chi connectivity index (χ2n) is 2.87. The smallest absolute Gasteiger partial charge is 0.303 e. The van der Waals surface area contributed by atoms with Crippen LogP contribution < -0.4 is 10.6 Å². The van der Waals surface area contributed by atoms with Crippen molar-refractivity contribution in [2.45, 2.75) is 20.3 Å². The summed E-state index contributed by atoms with van der Waals surface area (Å²) in [7, 11) is 0. The average Bonchev–Trinajstić information content (AvgIpc) is 2.30. The van der Waals surface area contributed by atoms with Gasteiger partial charge < -0.3 is 5.32 Å². The van der Waals surface area contributed by atoms with E-state index in [1.54, 1.807) is 6.08 Å². The van der Waals surface area contributed by atoms with Gasteiger partial charge in [-0.05, 0) is 5.92 Å². The third kappa shape index (κ3) is 1.84. The summed E-state index contributed by atoms with van der Waals surface area (Å²) in [6.45, 7) is 4.02. The molecular formula is C8H12N2O2. The molecule has 0 bridgehead atoms. The molecule has 4 heteroatoms. The molecule has 0 aromatic rings. The monoisotopic (exact) mass is 168 g/mol. The molecular weight excluding hydrogens is 156 g/mol. The molecule has 4 nitrogen and oxygen atoms in total. The number of urea groups is 1. The molecule has 3 amide bonds. The summed E-state index contributed by atoms with van der Waals surface area (Å²) >= 11 is 0. The molecule has 0 saturated carbocycles. The number of rotatable bonds is 2. The summed E-state index contributed by atoms with van der Waals surface area (Å²) in [4.78, 5) is 21.6. The minimum Gasteiger partial charge on any atom is -0.303 e. The molecule has 2 N–H and O–H groups in total. The Balaban J connectivity index is 2.69. The number of hydrogen-bond acceptors (Lipinski definition) is 2. The maximum absolute atomic E-state index is 11.0. The average molecular weight is 168 g/mol. The third-order valence-corrected chi connectivity index (χ3v) is 1.82. The first kappa shape index (κ1) is 8.77. The fourth-order valence-electron chi connectivity index (χ4n) is 0.900. The molecule has 0 radical (unpaired) electrons. The minimum atomic E-state index is -0.436. The van der Waals surface area contributed by atoms with E-state index in [4.69, 9.17) is 0 Å². The van der Waals surface area contributed by atoms with E-state index in [1.807, 2.05) is 13.8 Å². The molecule has 0 aromatic heterocycles. The second-order valence-corrected chi connectivity index (χ2v) is 2.87. The lowest BCUT2D eigenvalue weighted by Gasteiger charge is -2.00. The summed E-state index contributed by atoms with van der Waals surface area (Å²) in [5.41, 5.74) is 0.370. The van der Waals surface area contributed by atoms with E-state index < -0.39 is 6.03 Å². The predicted octanol–water partition coefficient (Wildman–Crippen LogP) is 0.756. The van der Waals surface area contributed by atoms with Crippen molar-refractivity contribution in [3.05, 3.63) is 11.8 Å². The van der Waals surface area contributed by atoms with Gasteiger partial charge in [-0.3, -0.25) is 10.1 Å². The van der Waals surface area contributed by atoms with Gasteiger partial charge in [-0.2, -0.15) is 0 Å². The van der Waals surface area contributed by atoms with Crippen LogP contribution in [0.3, 0.4) is 0 Å². The van der Waals surface area contributed by atoms with Crippen molar-refractivity contribution in [2.75, 3.05) is 0 Å². The van der Waals surface area contributed by atoms with Crippen LogP contribution in [0.2, 0.25) is 0 Å². The minimum absolute atomic E-state index is 0.309.